The molecule has 0 aromatic carbocycles. The van der Waals surface area contributed by atoms with Crippen LogP contribution in [0.3, 0.4) is 0 Å². The van der Waals surface area contributed by atoms with Gasteiger partial charge in [0.15, 0.2) is 0 Å². The van der Waals surface area contributed by atoms with Crippen LogP contribution in [0.4, 0.5) is 0 Å². The van der Waals surface area contributed by atoms with Crippen molar-refractivity contribution in [1.82, 2.24) is 9.80 Å². The minimum absolute atomic E-state index is 0.310. The van der Waals surface area contributed by atoms with E-state index in [-0.39, 0.29) is 11.9 Å². The molecule has 1 aliphatic heterocycles. The molecule has 1 saturated heterocycles. The number of hydrogen-bond acceptors (Lipinski definition) is 8. The molecule has 1 rings (SSSR count). The van der Waals surface area contributed by atoms with Gasteiger partial charge in [-0.25, -0.2) is 9.59 Å². The molecule has 0 atom stereocenters. The Kier molecular flexibility index (Phi) is 12.3. The second-order valence-electron chi connectivity index (χ2n) is 5.99. The van der Waals surface area contributed by atoms with Gasteiger partial charge in [0, 0.05) is 42.9 Å². The van der Waals surface area contributed by atoms with Crippen molar-refractivity contribution in [3.8, 4) is 0 Å². The van der Waals surface area contributed by atoms with E-state index in [1.807, 2.05) is 13.2 Å². The largest absolute Gasteiger partial charge is 0.462 e. The van der Waals surface area contributed by atoms with Gasteiger partial charge >= 0.3 is 11.9 Å². The van der Waals surface area contributed by atoms with E-state index in [9.17, 15) is 9.59 Å². The Morgan fingerprint density at radius 1 is 1.08 bits per heavy atom. The van der Waals surface area contributed by atoms with Crippen LogP contribution in [-0.4, -0.2) is 79.7 Å². The molecule has 148 valence electrons. The smallest absolute Gasteiger partial charge is 0.332 e. The van der Waals surface area contributed by atoms with Crippen molar-refractivity contribution >= 4 is 33.5 Å². The minimum atomic E-state index is -0.316. The topological polar surface area (TPSA) is 59.1 Å². The van der Waals surface area contributed by atoms with Gasteiger partial charge in [0.1, 0.15) is 13.2 Å². The van der Waals surface area contributed by atoms with E-state index in [1.165, 1.54) is 12.2 Å². The number of hydrogen-bond donors (Lipinski definition) is 0. The van der Waals surface area contributed by atoms with Gasteiger partial charge in [0.05, 0.1) is 0 Å². The number of piperidine rings is 1. The zero-order valence-electron chi connectivity index (χ0n) is 15.9. The van der Waals surface area contributed by atoms with Gasteiger partial charge in [-0.15, -0.1) is 0 Å². The highest BCUT2D eigenvalue weighted by Gasteiger charge is 2.18. The second-order valence-corrected chi connectivity index (χ2v) is 8.70. The SMILES string of the molecule is C/C=C/C(=O)OCCSSCCOC(=O)/C=C/N(C)C1CCN(C)CC1. The summed E-state index contributed by atoms with van der Waals surface area (Å²) < 4.78 is 10.2. The van der Waals surface area contributed by atoms with E-state index in [1.54, 1.807) is 34.6 Å². The lowest BCUT2D eigenvalue weighted by molar-refractivity contribution is -0.138. The maximum Gasteiger partial charge on any atom is 0.332 e. The lowest BCUT2D eigenvalue weighted by atomic mass is 10.0. The molecule has 8 heteroatoms. The van der Waals surface area contributed by atoms with Gasteiger partial charge in [-0.1, -0.05) is 27.7 Å². The molecule has 0 amide bonds. The number of ether oxygens (including phenoxy) is 2. The van der Waals surface area contributed by atoms with Gasteiger partial charge in [0.2, 0.25) is 0 Å². The molecule has 6 nitrogen and oxygen atoms in total. The number of nitrogens with zero attached hydrogens (tertiary/aromatic N) is 2. The highest BCUT2D eigenvalue weighted by Crippen LogP contribution is 2.20. The summed E-state index contributed by atoms with van der Waals surface area (Å²) >= 11 is 0. The summed E-state index contributed by atoms with van der Waals surface area (Å²) in [6.07, 6.45) is 8.60. The Morgan fingerprint density at radius 2 is 1.62 bits per heavy atom. The van der Waals surface area contributed by atoms with Gasteiger partial charge in [-0.3, -0.25) is 0 Å². The van der Waals surface area contributed by atoms with E-state index in [2.05, 4.69) is 16.8 Å². The molecule has 0 N–H and O–H groups in total. The number of rotatable bonds is 11. The Bertz CT molecular complexity index is 478. The fourth-order valence-corrected chi connectivity index (χ4v) is 4.06. The van der Waals surface area contributed by atoms with Crippen LogP contribution in [0.5, 0.6) is 0 Å². The molecule has 0 saturated carbocycles. The van der Waals surface area contributed by atoms with Crippen molar-refractivity contribution in [3.05, 3.63) is 24.4 Å². The average molecular weight is 403 g/mol. The third-order valence-electron chi connectivity index (χ3n) is 3.92. The molecule has 1 heterocycles. The normalized spacial score (nSPS) is 16.3. The van der Waals surface area contributed by atoms with Gasteiger partial charge in [-0.2, -0.15) is 0 Å². The first kappa shape index (κ1) is 22.9. The molecule has 26 heavy (non-hydrogen) atoms. The van der Waals surface area contributed by atoms with E-state index in [0.29, 0.717) is 30.8 Å². The Morgan fingerprint density at radius 3 is 2.15 bits per heavy atom. The molecule has 0 aromatic rings. The third-order valence-corrected chi connectivity index (χ3v) is 6.25. The monoisotopic (exact) mass is 402 g/mol. The Balaban J connectivity index is 2.01. The second kappa shape index (κ2) is 14.0. The molecule has 0 spiro atoms. The van der Waals surface area contributed by atoms with Gasteiger partial charge < -0.3 is 19.3 Å². The molecular weight excluding hydrogens is 372 g/mol. The van der Waals surface area contributed by atoms with E-state index in [0.717, 1.165) is 25.9 Å². The summed E-state index contributed by atoms with van der Waals surface area (Å²) in [5, 5.41) is 0. The van der Waals surface area contributed by atoms with Crippen LogP contribution in [0.25, 0.3) is 0 Å². The first-order chi connectivity index (χ1) is 12.5. The summed E-state index contributed by atoms with van der Waals surface area (Å²) in [6, 6.07) is 0.490. The average Bonchev–Trinajstić information content (AvgIpc) is 2.62. The van der Waals surface area contributed by atoms with E-state index in [4.69, 9.17) is 9.47 Å². The van der Waals surface area contributed by atoms with Crippen LogP contribution in [-0.2, 0) is 19.1 Å². The van der Waals surface area contributed by atoms with Crippen LogP contribution in [0.1, 0.15) is 19.8 Å². The van der Waals surface area contributed by atoms with E-state index < -0.39 is 0 Å². The van der Waals surface area contributed by atoms with Crippen LogP contribution >= 0.6 is 21.6 Å². The fourth-order valence-electron chi connectivity index (χ4n) is 2.41. The first-order valence-corrected chi connectivity index (χ1v) is 11.3. The molecule has 0 radical (unpaired) electrons. The first-order valence-electron chi connectivity index (χ1n) is 8.82. The van der Waals surface area contributed by atoms with Crippen molar-refractivity contribution in [2.24, 2.45) is 0 Å². The molecule has 1 fully saturated rings. The molecule has 0 bridgehead atoms. The predicted octanol–water partition coefficient (Wildman–Crippen LogP) is 2.57. The highest BCUT2D eigenvalue weighted by molar-refractivity contribution is 8.76. The van der Waals surface area contributed by atoms with Crippen molar-refractivity contribution < 1.29 is 19.1 Å². The van der Waals surface area contributed by atoms with Crippen LogP contribution in [0.2, 0.25) is 0 Å². The van der Waals surface area contributed by atoms with Crippen LogP contribution in [0, 0.1) is 0 Å². The van der Waals surface area contributed by atoms with Gasteiger partial charge in [-0.05, 0) is 39.9 Å². The van der Waals surface area contributed by atoms with Crippen molar-refractivity contribution in [2.75, 3.05) is 51.9 Å². The zero-order chi connectivity index (χ0) is 19.2. The number of carbonyl (C=O) groups excluding carboxylic acids is 2. The molecular formula is C18H30N2O4S2. The van der Waals surface area contributed by atoms with Crippen LogP contribution < -0.4 is 0 Å². The number of carbonyl (C=O) groups is 2. The maximum absolute atomic E-state index is 11.7. The minimum Gasteiger partial charge on any atom is -0.462 e. The quantitative estimate of drug-likeness (QED) is 0.226. The van der Waals surface area contributed by atoms with Gasteiger partial charge in [0.25, 0.3) is 0 Å². The van der Waals surface area contributed by atoms with Crippen molar-refractivity contribution in [3.63, 3.8) is 0 Å². The summed E-state index contributed by atoms with van der Waals surface area (Å²) in [7, 11) is 7.34. The summed E-state index contributed by atoms with van der Waals surface area (Å²) in [5.41, 5.74) is 0. The fraction of sp³-hybridized carbons (Fsp3) is 0.667. The predicted molar refractivity (Wildman–Crippen MR) is 109 cm³/mol. The third kappa shape index (κ3) is 10.8. The lowest BCUT2D eigenvalue weighted by Gasteiger charge is -2.34. The number of likely N-dealkylation sites (tertiary alicyclic amines) is 1. The molecule has 0 aromatic heterocycles. The molecule has 0 unspecified atom stereocenters. The number of esters is 2. The maximum atomic E-state index is 11.7. The summed E-state index contributed by atoms with van der Waals surface area (Å²) in [5.74, 6) is 0.792. The Labute approximate surface area is 164 Å². The highest BCUT2D eigenvalue weighted by atomic mass is 33.1. The van der Waals surface area contributed by atoms with Crippen molar-refractivity contribution in [2.45, 2.75) is 25.8 Å². The Hall–Kier alpha value is -1.12. The molecule has 1 aliphatic rings. The lowest BCUT2D eigenvalue weighted by Crippen LogP contribution is -2.39. The van der Waals surface area contributed by atoms with Crippen molar-refractivity contribution in [1.29, 1.82) is 0 Å². The van der Waals surface area contributed by atoms with Crippen LogP contribution in [0.15, 0.2) is 24.4 Å². The summed E-state index contributed by atoms with van der Waals surface area (Å²) in [6.45, 7) is 4.71. The zero-order valence-corrected chi connectivity index (χ0v) is 17.5. The standard InChI is InChI=1S/C18H30N2O4S2/c1-4-5-17(21)23-12-14-25-26-15-13-24-18(22)8-11-20(3)16-6-9-19(2)10-7-16/h4-5,8,11,16H,6-7,9-10,12-15H2,1-3H3/b5-4+,11-8+. The number of allylic oxidation sites excluding steroid dienone is 1. The summed E-state index contributed by atoms with van der Waals surface area (Å²) in [4.78, 5) is 27.2. The van der Waals surface area contributed by atoms with E-state index >= 15 is 0 Å². The molecule has 0 aliphatic carbocycles.